The zero-order chi connectivity index (χ0) is 17.1. The van der Waals surface area contributed by atoms with Crippen LogP contribution in [0.1, 0.15) is 72.1 Å². The highest BCUT2D eigenvalue weighted by atomic mass is 16.5. The minimum absolute atomic E-state index is 0.0282. The summed E-state index contributed by atoms with van der Waals surface area (Å²) in [6.45, 7) is 6.81. The van der Waals surface area contributed by atoms with Crippen LogP contribution in [0.2, 0.25) is 0 Å². The molecule has 8 atom stereocenters. The van der Waals surface area contributed by atoms with Crippen LogP contribution in [0.25, 0.3) is 0 Å². The van der Waals surface area contributed by atoms with Crippen molar-refractivity contribution in [3.63, 3.8) is 0 Å². The molecule has 0 amide bonds. The lowest BCUT2D eigenvalue weighted by atomic mass is 9.49. The molecule has 0 aliphatic heterocycles. The summed E-state index contributed by atoms with van der Waals surface area (Å²) < 4.78 is 5.72. The lowest BCUT2D eigenvalue weighted by Crippen LogP contribution is -2.55. The molecular weight excluding hydrogens is 296 g/mol. The molecule has 4 aliphatic carbocycles. The molecule has 0 aromatic heterocycles. The van der Waals surface area contributed by atoms with Gasteiger partial charge in [0.1, 0.15) is 0 Å². The second-order valence-corrected chi connectivity index (χ2v) is 9.77. The summed E-state index contributed by atoms with van der Waals surface area (Å²) in [6.07, 6.45) is 12.7. The van der Waals surface area contributed by atoms with Crippen molar-refractivity contribution in [3.05, 3.63) is 11.6 Å². The Morgan fingerprint density at radius 1 is 1.08 bits per heavy atom. The molecule has 1 N–H and O–H groups in total. The Kier molecular flexibility index (Phi) is 4.16. The maximum atomic E-state index is 10.8. The van der Waals surface area contributed by atoms with Gasteiger partial charge in [-0.1, -0.05) is 18.6 Å². The zero-order valence-corrected chi connectivity index (χ0v) is 16.1. The molecule has 136 valence electrons. The maximum absolute atomic E-state index is 10.8. The molecule has 0 radical (unpaired) electrons. The van der Waals surface area contributed by atoms with Gasteiger partial charge in [-0.05, 0) is 100 Å². The Labute approximate surface area is 148 Å². The normalized spacial score (nSPS) is 55.8. The molecule has 24 heavy (non-hydrogen) atoms. The summed E-state index contributed by atoms with van der Waals surface area (Å²) in [5.74, 6) is 4.22. The van der Waals surface area contributed by atoms with Crippen molar-refractivity contribution in [2.24, 2.45) is 35.0 Å². The van der Waals surface area contributed by atoms with E-state index in [0.29, 0.717) is 5.41 Å². The first-order chi connectivity index (χ1) is 11.4. The number of hydrogen-bond acceptors (Lipinski definition) is 2. The molecule has 2 nitrogen and oxygen atoms in total. The maximum Gasteiger partial charge on any atom is 0.0882 e. The van der Waals surface area contributed by atoms with Crippen molar-refractivity contribution in [2.75, 3.05) is 7.11 Å². The van der Waals surface area contributed by atoms with Crippen molar-refractivity contribution in [3.8, 4) is 0 Å². The smallest absolute Gasteiger partial charge is 0.0882 e. The average molecular weight is 333 g/mol. The second kappa shape index (κ2) is 5.84. The Balaban J connectivity index is 1.58. The van der Waals surface area contributed by atoms with Gasteiger partial charge < -0.3 is 9.84 Å². The molecule has 0 unspecified atom stereocenters. The number of allylic oxidation sites excluding steroid dienone is 2. The molecule has 4 aliphatic rings. The fourth-order valence-corrected chi connectivity index (χ4v) is 7.69. The molecule has 4 saturated carbocycles. The summed E-state index contributed by atoms with van der Waals surface area (Å²) >= 11 is 0. The largest absolute Gasteiger partial charge is 0.387 e. The molecule has 4 rings (SSSR count). The van der Waals surface area contributed by atoms with E-state index in [2.05, 4.69) is 19.9 Å². The molecule has 0 aromatic rings. The first-order valence-corrected chi connectivity index (χ1v) is 10.3. The molecule has 4 fully saturated rings. The van der Waals surface area contributed by atoms with Crippen LogP contribution in [0.15, 0.2) is 11.6 Å². The number of ether oxygens (including phenoxy) is 1. The topological polar surface area (TPSA) is 29.5 Å². The van der Waals surface area contributed by atoms with E-state index in [1.54, 1.807) is 12.7 Å². The van der Waals surface area contributed by atoms with Gasteiger partial charge in [0.15, 0.2) is 0 Å². The summed E-state index contributed by atoms with van der Waals surface area (Å²) in [6, 6.07) is 0. The highest BCUT2D eigenvalue weighted by molar-refractivity contribution is 5.23. The average Bonchev–Trinajstić information content (AvgIpc) is 2.89. The summed E-state index contributed by atoms with van der Waals surface area (Å²) in [5.41, 5.74) is 1.61. The lowest BCUT2D eigenvalue weighted by Gasteiger charge is -2.57. The minimum Gasteiger partial charge on any atom is -0.387 e. The molecular formula is C22H36O2. The van der Waals surface area contributed by atoms with Gasteiger partial charge in [0, 0.05) is 7.11 Å². The SMILES string of the molecule is C/C=C1/CC[C@H]2[C@@H]3CC[C@@H]4C[C@](C)(O)[C@H](OC)C[C@@H]4[C@H]3CC[C@]12C. The van der Waals surface area contributed by atoms with Crippen molar-refractivity contribution >= 4 is 0 Å². The molecule has 0 heterocycles. The van der Waals surface area contributed by atoms with E-state index in [9.17, 15) is 5.11 Å². The number of methoxy groups -OCH3 is 1. The van der Waals surface area contributed by atoms with Gasteiger partial charge in [-0.15, -0.1) is 0 Å². The molecule has 2 heteroatoms. The van der Waals surface area contributed by atoms with E-state index in [1.165, 1.54) is 38.5 Å². The Bertz CT molecular complexity index is 522. The predicted molar refractivity (Wildman–Crippen MR) is 97.7 cm³/mol. The summed E-state index contributed by atoms with van der Waals surface area (Å²) in [4.78, 5) is 0. The van der Waals surface area contributed by atoms with Gasteiger partial charge >= 0.3 is 0 Å². The van der Waals surface area contributed by atoms with Crippen molar-refractivity contribution in [1.82, 2.24) is 0 Å². The van der Waals surface area contributed by atoms with Crippen LogP contribution in [0.5, 0.6) is 0 Å². The Hall–Kier alpha value is -0.340. The Morgan fingerprint density at radius 2 is 1.88 bits per heavy atom. The van der Waals surface area contributed by atoms with Gasteiger partial charge in [-0.3, -0.25) is 0 Å². The van der Waals surface area contributed by atoms with Crippen LogP contribution in [0.4, 0.5) is 0 Å². The number of rotatable bonds is 1. The van der Waals surface area contributed by atoms with Crippen LogP contribution in [0.3, 0.4) is 0 Å². The number of fused-ring (bicyclic) bond motifs is 5. The van der Waals surface area contributed by atoms with Crippen LogP contribution >= 0.6 is 0 Å². The van der Waals surface area contributed by atoms with E-state index >= 15 is 0 Å². The lowest BCUT2D eigenvalue weighted by molar-refractivity contribution is -0.161. The van der Waals surface area contributed by atoms with Crippen molar-refractivity contribution < 1.29 is 9.84 Å². The van der Waals surface area contributed by atoms with Gasteiger partial charge in [-0.2, -0.15) is 0 Å². The third kappa shape index (κ3) is 2.35. The molecule has 0 saturated heterocycles. The van der Waals surface area contributed by atoms with Crippen LogP contribution in [-0.2, 0) is 4.74 Å². The van der Waals surface area contributed by atoms with Gasteiger partial charge in [-0.25, -0.2) is 0 Å². The second-order valence-electron chi connectivity index (χ2n) is 9.77. The zero-order valence-electron chi connectivity index (χ0n) is 16.1. The molecule has 0 spiro atoms. The van der Waals surface area contributed by atoms with Crippen LogP contribution in [0, 0.1) is 35.0 Å². The van der Waals surface area contributed by atoms with Crippen molar-refractivity contribution in [2.45, 2.75) is 83.8 Å². The van der Waals surface area contributed by atoms with Crippen LogP contribution < -0.4 is 0 Å². The van der Waals surface area contributed by atoms with Gasteiger partial charge in [0.05, 0.1) is 11.7 Å². The van der Waals surface area contributed by atoms with Gasteiger partial charge in [0.2, 0.25) is 0 Å². The quantitative estimate of drug-likeness (QED) is 0.688. The molecule has 0 bridgehead atoms. The van der Waals surface area contributed by atoms with Gasteiger partial charge in [0.25, 0.3) is 0 Å². The van der Waals surface area contributed by atoms with E-state index < -0.39 is 5.60 Å². The molecule has 0 aromatic carbocycles. The highest BCUT2D eigenvalue weighted by Crippen LogP contribution is 2.64. The fraction of sp³-hybridized carbons (Fsp3) is 0.909. The Morgan fingerprint density at radius 3 is 2.58 bits per heavy atom. The number of aliphatic hydroxyl groups is 1. The summed E-state index contributed by atoms with van der Waals surface area (Å²) in [5, 5.41) is 10.8. The third-order valence-electron chi connectivity index (χ3n) is 8.85. The highest BCUT2D eigenvalue weighted by Gasteiger charge is 2.57. The first-order valence-electron chi connectivity index (χ1n) is 10.3. The van der Waals surface area contributed by atoms with E-state index in [-0.39, 0.29) is 6.10 Å². The standard InChI is InChI=1S/C22H36O2/c1-5-15-7-9-19-17-8-6-14-13-22(3,23)20(24-4)12-18(14)16(17)10-11-21(15,19)2/h5,14,16-20,23H,6-13H2,1-4H3/b15-5-/t14-,16+,17-,18+,19+,20-,21-,22+/m1/s1. The minimum atomic E-state index is -0.628. The van der Waals surface area contributed by atoms with Crippen LogP contribution in [-0.4, -0.2) is 23.9 Å². The summed E-state index contributed by atoms with van der Waals surface area (Å²) in [7, 11) is 1.78. The van der Waals surface area contributed by atoms with E-state index in [1.807, 2.05) is 6.92 Å². The monoisotopic (exact) mass is 332 g/mol. The van der Waals surface area contributed by atoms with E-state index in [4.69, 9.17) is 4.74 Å². The van der Waals surface area contributed by atoms with Crippen molar-refractivity contribution in [1.29, 1.82) is 0 Å². The fourth-order valence-electron chi connectivity index (χ4n) is 7.69. The third-order valence-corrected chi connectivity index (χ3v) is 8.85. The predicted octanol–water partition coefficient (Wildman–Crippen LogP) is 4.96. The number of hydrogen-bond donors (Lipinski definition) is 1. The first kappa shape index (κ1) is 17.1. The van der Waals surface area contributed by atoms with E-state index in [0.717, 1.165) is 42.4 Å².